The largest absolute Gasteiger partial charge is 0.496 e. The summed E-state index contributed by atoms with van der Waals surface area (Å²) >= 11 is 3.42. The fourth-order valence-electron chi connectivity index (χ4n) is 2.08. The van der Waals surface area contributed by atoms with Crippen molar-refractivity contribution in [3.8, 4) is 5.75 Å². The summed E-state index contributed by atoms with van der Waals surface area (Å²) in [4.78, 5) is 12.0. The van der Waals surface area contributed by atoms with E-state index in [2.05, 4.69) is 21.2 Å². The average molecular weight is 378 g/mol. The smallest absolute Gasteiger partial charge is 0.244 e. The van der Waals surface area contributed by atoms with E-state index in [1.807, 2.05) is 25.1 Å². The minimum Gasteiger partial charge on any atom is -0.496 e. The van der Waals surface area contributed by atoms with Crippen LogP contribution in [0.3, 0.4) is 0 Å². The fraction of sp³-hybridized carbons (Fsp3) is 0.167. The van der Waals surface area contributed by atoms with Gasteiger partial charge in [0.15, 0.2) is 0 Å². The van der Waals surface area contributed by atoms with Crippen molar-refractivity contribution >= 4 is 27.9 Å². The van der Waals surface area contributed by atoms with Crippen molar-refractivity contribution in [3.63, 3.8) is 0 Å². The van der Waals surface area contributed by atoms with Crippen LogP contribution >= 0.6 is 15.9 Å². The first-order valence-electron chi connectivity index (χ1n) is 7.07. The Bertz CT molecular complexity index is 731. The number of ether oxygens (including phenoxy) is 1. The monoisotopic (exact) mass is 377 g/mol. The molecule has 0 bridgehead atoms. The lowest BCUT2D eigenvalue weighted by Gasteiger charge is -2.14. The highest BCUT2D eigenvalue weighted by molar-refractivity contribution is 9.10. The summed E-state index contributed by atoms with van der Waals surface area (Å²) in [7, 11) is 1.60. The molecule has 0 saturated carbocycles. The zero-order valence-electron chi connectivity index (χ0n) is 12.8. The van der Waals surface area contributed by atoms with Crippen LogP contribution in [0.15, 0.2) is 53.0 Å². The Hall–Kier alpha value is -2.14. The molecule has 0 unspecified atom stereocenters. The SMILES string of the molecule is COc1ccc([C@@H](C)NC(=O)/C=C/c2cccc(F)c2)cc1Br. The molecular formula is C18H17BrFNO2. The van der Waals surface area contributed by atoms with Crippen LogP contribution in [0.4, 0.5) is 4.39 Å². The Morgan fingerprint density at radius 2 is 2.09 bits per heavy atom. The highest BCUT2D eigenvalue weighted by Gasteiger charge is 2.10. The van der Waals surface area contributed by atoms with Crippen molar-refractivity contribution in [3.05, 3.63) is 70.0 Å². The number of benzene rings is 2. The molecule has 2 rings (SSSR count). The first-order valence-corrected chi connectivity index (χ1v) is 7.86. The predicted molar refractivity (Wildman–Crippen MR) is 92.7 cm³/mol. The summed E-state index contributed by atoms with van der Waals surface area (Å²) in [5, 5.41) is 2.86. The Kier molecular flexibility index (Phi) is 5.93. The highest BCUT2D eigenvalue weighted by atomic mass is 79.9. The number of rotatable bonds is 5. The maximum atomic E-state index is 13.1. The predicted octanol–water partition coefficient (Wildman–Crippen LogP) is 4.49. The Balaban J connectivity index is 2.00. The third kappa shape index (κ3) is 4.93. The van der Waals surface area contributed by atoms with Gasteiger partial charge in [-0.05, 0) is 64.3 Å². The van der Waals surface area contributed by atoms with Gasteiger partial charge in [0.1, 0.15) is 11.6 Å². The van der Waals surface area contributed by atoms with E-state index in [0.29, 0.717) is 5.56 Å². The quantitative estimate of drug-likeness (QED) is 0.779. The minimum absolute atomic E-state index is 0.165. The topological polar surface area (TPSA) is 38.3 Å². The molecule has 23 heavy (non-hydrogen) atoms. The van der Waals surface area contributed by atoms with Gasteiger partial charge in [-0.15, -0.1) is 0 Å². The number of methoxy groups -OCH3 is 1. The van der Waals surface area contributed by atoms with Crippen LogP contribution in [-0.4, -0.2) is 13.0 Å². The van der Waals surface area contributed by atoms with Crippen LogP contribution in [-0.2, 0) is 4.79 Å². The molecule has 1 atom stereocenters. The van der Waals surface area contributed by atoms with Gasteiger partial charge >= 0.3 is 0 Å². The molecule has 0 aliphatic heterocycles. The molecule has 1 amide bonds. The number of halogens is 2. The third-order valence-electron chi connectivity index (χ3n) is 3.31. The molecule has 2 aromatic rings. The molecule has 0 fully saturated rings. The maximum absolute atomic E-state index is 13.1. The number of amides is 1. The van der Waals surface area contributed by atoms with Gasteiger partial charge in [-0.25, -0.2) is 4.39 Å². The Morgan fingerprint density at radius 1 is 1.30 bits per heavy atom. The normalized spacial score (nSPS) is 12.2. The van der Waals surface area contributed by atoms with Crippen molar-refractivity contribution in [1.29, 1.82) is 0 Å². The van der Waals surface area contributed by atoms with Crippen LogP contribution in [0.5, 0.6) is 5.75 Å². The van der Waals surface area contributed by atoms with Gasteiger partial charge in [0, 0.05) is 6.08 Å². The molecule has 0 spiro atoms. The first kappa shape index (κ1) is 17.2. The van der Waals surface area contributed by atoms with E-state index in [9.17, 15) is 9.18 Å². The number of carbonyl (C=O) groups excluding carboxylic acids is 1. The summed E-state index contributed by atoms with van der Waals surface area (Å²) in [5.41, 5.74) is 1.59. The standard InChI is InChI=1S/C18H17BrFNO2/c1-12(14-7-8-17(23-2)16(19)11-14)21-18(22)9-6-13-4-3-5-15(20)10-13/h3-12H,1-2H3,(H,21,22)/b9-6+/t12-/m1/s1. The molecule has 5 heteroatoms. The van der Waals surface area contributed by atoms with Gasteiger partial charge in [-0.1, -0.05) is 18.2 Å². The summed E-state index contributed by atoms with van der Waals surface area (Å²) in [6.45, 7) is 1.89. The average Bonchev–Trinajstić information content (AvgIpc) is 2.53. The zero-order valence-corrected chi connectivity index (χ0v) is 14.4. The molecular weight excluding hydrogens is 361 g/mol. The van der Waals surface area contributed by atoms with Gasteiger partial charge < -0.3 is 10.1 Å². The Labute approximate surface area is 143 Å². The number of hydrogen-bond acceptors (Lipinski definition) is 2. The van der Waals surface area contributed by atoms with E-state index < -0.39 is 0 Å². The summed E-state index contributed by atoms with van der Waals surface area (Å²) in [6.07, 6.45) is 2.97. The molecule has 0 aromatic heterocycles. The molecule has 120 valence electrons. The van der Waals surface area contributed by atoms with Crippen molar-refractivity contribution in [1.82, 2.24) is 5.32 Å². The van der Waals surface area contributed by atoms with Gasteiger partial charge in [0.25, 0.3) is 0 Å². The molecule has 0 heterocycles. The van der Waals surface area contributed by atoms with Gasteiger partial charge in [0.2, 0.25) is 5.91 Å². The van der Waals surface area contributed by atoms with Crippen LogP contribution in [0, 0.1) is 5.82 Å². The van der Waals surface area contributed by atoms with Gasteiger partial charge in [-0.2, -0.15) is 0 Å². The molecule has 3 nitrogen and oxygen atoms in total. The van der Waals surface area contributed by atoms with Gasteiger partial charge in [0.05, 0.1) is 17.6 Å². The maximum Gasteiger partial charge on any atom is 0.244 e. The van der Waals surface area contributed by atoms with Crippen LogP contribution in [0.1, 0.15) is 24.1 Å². The van der Waals surface area contributed by atoms with E-state index in [1.54, 1.807) is 25.3 Å². The van der Waals surface area contributed by atoms with E-state index in [-0.39, 0.29) is 17.8 Å². The molecule has 0 saturated heterocycles. The second kappa shape index (κ2) is 7.92. The fourth-order valence-corrected chi connectivity index (χ4v) is 2.64. The number of hydrogen-bond donors (Lipinski definition) is 1. The van der Waals surface area contributed by atoms with E-state index in [1.165, 1.54) is 18.2 Å². The highest BCUT2D eigenvalue weighted by Crippen LogP contribution is 2.27. The summed E-state index contributed by atoms with van der Waals surface area (Å²) in [6, 6.07) is 11.5. The molecule has 0 aliphatic carbocycles. The molecule has 0 aliphatic rings. The van der Waals surface area contributed by atoms with E-state index >= 15 is 0 Å². The Morgan fingerprint density at radius 3 is 2.74 bits per heavy atom. The van der Waals surface area contributed by atoms with Crippen LogP contribution < -0.4 is 10.1 Å². The summed E-state index contributed by atoms with van der Waals surface area (Å²) in [5.74, 6) is 0.163. The van der Waals surface area contributed by atoms with Crippen molar-refractivity contribution in [2.24, 2.45) is 0 Å². The zero-order chi connectivity index (χ0) is 16.8. The lowest BCUT2D eigenvalue weighted by molar-refractivity contribution is -0.117. The van der Waals surface area contributed by atoms with Crippen LogP contribution in [0.25, 0.3) is 6.08 Å². The van der Waals surface area contributed by atoms with Gasteiger partial charge in [-0.3, -0.25) is 4.79 Å². The minimum atomic E-state index is -0.330. The lowest BCUT2D eigenvalue weighted by Crippen LogP contribution is -2.24. The first-order chi connectivity index (χ1) is 11.0. The molecule has 2 aromatic carbocycles. The number of nitrogens with one attached hydrogen (secondary N) is 1. The lowest BCUT2D eigenvalue weighted by atomic mass is 10.1. The molecule has 1 N–H and O–H groups in total. The molecule has 0 radical (unpaired) electrons. The second-order valence-electron chi connectivity index (χ2n) is 5.01. The van der Waals surface area contributed by atoms with E-state index in [4.69, 9.17) is 4.74 Å². The summed E-state index contributed by atoms with van der Waals surface area (Å²) < 4.78 is 19.1. The van der Waals surface area contributed by atoms with E-state index in [0.717, 1.165) is 15.8 Å². The van der Waals surface area contributed by atoms with Crippen molar-refractivity contribution in [2.45, 2.75) is 13.0 Å². The van der Waals surface area contributed by atoms with Crippen molar-refractivity contribution in [2.75, 3.05) is 7.11 Å². The van der Waals surface area contributed by atoms with Crippen LogP contribution in [0.2, 0.25) is 0 Å². The van der Waals surface area contributed by atoms with Crippen molar-refractivity contribution < 1.29 is 13.9 Å². The number of carbonyl (C=O) groups is 1. The second-order valence-corrected chi connectivity index (χ2v) is 5.87. The third-order valence-corrected chi connectivity index (χ3v) is 3.93.